The van der Waals surface area contributed by atoms with Crippen LogP contribution < -0.4 is 5.32 Å². The van der Waals surface area contributed by atoms with Crippen LogP contribution in [0.15, 0.2) is 48.1 Å². The molecule has 3 aromatic rings. The summed E-state index contributed by atoms with van der Waals surface area (Å²) in [5.74, 6) is 0.168. The fourth-order valence-electron chi connectivity index (χ4n) is 3.24. The Balaban J connectivity index is 1.50. The lowest BCUT2D eigenvalue weighted by atomic mass is 9.75. The molecule has 1 aliphatic rings. The van der Waals surface area contributed by atoms with E-state index in [1.54, 1.807) is 6.20 Å². The third-order valence-electron chi connectivity index (χ3n) is 4.66. The Morgan fingerprint density at radius 1 is 1.38 bits per heavy atom. The summed E-state index contributed by atoms with van der Waals surface area (Å²) in [7, 11) is 0. The number of hydrogen-bond donors (Lipinski definition) is 2. The van der Waals surface area contributed by atoms with Gasteiger partial charge in [0.2, 0.25) is 0 Å². The summed E-state index contributed by atoms with van der Waals surface area (Å²) < 4.78 is 1.86. The minimum absolute atomic E-state index is 0.0167. The smallest absolute Gasteiger partial charge is 0.271 e. The van der Waals surface area contributed by atoms with E-state index >= 15 is 0 Å². The summed E-state index contributed by atoms with van der Waals surface area (Å²) in [6.45, 7) is 0. The fraction of sp³-hybridized carbons (Fsp3) is 0.333. The number of aromatic nitrogens is 2. The van der Waals surface area contributed by atoms with Crippen molar-refractivity contribution < 1.29 is 9.90 Å². The molecule has 1 unspecified atom stereocenters. The highest BCUT2D eigenvalue weighted by molar-refractivity contribution is 7.15. The van der Waals surface area contributed by atoms with Crippen LogP contribution in [0.1, 0.15) is 28.9 Å². The molecule has 1 amide bonds. The summed E-state index contributed by atoms with van der Waals surface area (Å²) >= 11 is 1.51. The molecule has 2 heterocycles. The number of thiazole rings is 1. The van der Waals surface area contributed by atoms with E-state index in [4.69, 9.17) is 0 Å². The predicted molar refractivity (Wildman–Crippen MR) is 93.2 cm³/mol. The molecule has 0 spiro atoms. The largest absolute Gasteiger partial charge is 0.393 e. The zero-order valence-corrected chi connectivity index (χ0v) is 13.9. The molecule has 1 aliphatic carbocycles. The molecular formula is C18H19N3O2S. The first kappa shape index (κ1) is 15.4. The molecular weight excluding hydrogens is 322 g/mol. The van der Waals surface area contributed by atoms with Gasteiger partial charge in [0, 0.05) is 23.8 Å². The fourth-order valence-corrected chi connectivity index (χ4v) is 3.94. The van der Waals surface area contributed by atoms with Crippen LogP contribution >= 0.6 is 11.3 Å². The molecule has 0 radical (unpaired) electrons. The standard InChI is InChI=1S/C18H19N3O2S/c22-14-9-13(10-14)15(8-12-4-2-1-3-5-12)19-17(23)16-11-21-6-7-24-18(21)20-16/h1-7,11,13-15,22H,8-10H2,(H,19,23). The van der Waals surface area contributed by atoms with Gasteiger partial charge in [-0.3, -0.25) is 9.20 Å². The van der Waals surface area contributed by atoms with Crippen LogP contribution in [0.5, 0.6) is 0 Å². The number of aliphatic hydroxyl groups is 1. The number of carbonyl (C=O) groups excluding carboxylic acids is 1. The van der Waals surface area contributed by atoms with Gasteiger partial charge in [0.05, 0.1) is 6.10 Å². The van der Waals surface area contributed by atoms with Crippen molar-refractivity contribution in [1.29, 1.82) is 0 Å². The quantitative estimate of drug-likeness (QED) is 0.749. The van der Waals surface area contributed by atoms with Crippen molar-refractivity contribution in [2.24, 2.45) is 5.92 Å². The van der Waals surface area contributed by atoms with Crippen LogP contribution in [0.2, 0.25) is 0 Å². The maximum Gasteiger partial charge on any atom is 0.271 e. The van der Waals surface area contributed by atoms with Gasteiger partial charge >= 0.3 is 0 Å². The van der Waals surface area contributed by atoms with E-state index in [0.29, 0.717) is 11.6 Å². The van der Waals surface area contributed by atoms with Crippen molar-refractivity contribution >= 4 is 22.2 Å². The van der Waals surface area contributed by atoms with Gasteiger partial charge in [-0.05, 0) is 30.7 Å². The van der Waals surface area contributed by atoms with Crippen LogP contribution in [-0.2, 0) is 6.42 Å². The molecule has 6 heteroatoms. The van der Waals surface area contributed by atoms with Gasteiger partial charge in [-0.25, -0.2) is 4.98 Å². The first-order valence-corrected chi connectivity index (χ1v) is 9.02. The number of amides is 1. The Morgan fingerprint density at radius 2 is 2.17 bits per heavy atom. The molecule has 1 atom stereocenters. The summed E-state index contributed by atoms with van der Waals surface area (Å²) in [6, 6.07) is 10.2. The normalized spacial score (nSPS) is 21.4. The highest BCUT2D eigenvalue weighted by Crippen LogP contribution is 2.32. The van der Waals surface area contributed by atoms with Crippen LogP contribution in [0.25, 0.3) is 4.96 Å². The van der Waals surface area contributed by atoms with Gasteiger partial charge in [0.25, 0.3) is 5.91 Å². The molecule has 0 saturated heterocycles. The zero-order valence-electron chi connectivity index (χ0n) is 13.1. The van der Waals surface area contributed by atoms with E-state index in [-0.39, 0.29) is 18.1 Å². The van der Waals surface area contributed by atoms with Crippen LogP contribution in [0, 0.1) is 5.92 Å². The molecule has 1 saturated carbocycles. The number of fused-ring (bicyclic) bond motifs is 1. The third kappa shape index (κ3) is 3.07. The molecule has 124 valence electrons. The number of carbonyl (C=O) groups is 1. The predicted octanol–water partition coefficient (Wildman–Crippen LogP) is 2.51. The average molecular weight is 341 g/mol. The van der Waals surface area contributed by atoms with E-state index in [1.165, 1.54) is 16.9 Å². The second-order valence-electron chi connectivity index (χ2n) is 6.37. The van der Waals surface area contributed by atoms with Crippen molar-refractivity contribution in [1.82, 2.24) is 14.7 Å². The van der Waals surface area contributed by atoms with Crippen molar-refractivity contribution in [2.75, 3.05) is 0 Å². The van der Waals surface area contributed by atoms with Gasteiger partial charge in [0.15, 0.2) is 4.96 Å². The lowest BCUT2D eigenvalue weighted by Crippen LogP contribution is -2.48. The second-order valence-corrected chi connectivity index (χ2v) is 7.25. The number of hydrogen-bond acceptors (Lipinski definition) is 4. The second kappa shape index (κ2) is 6.37. The molecule has 5 nitrogen and oxygen atoms in total. The topological polar surface area (TPSA) is 66.6 Å². The van der Waals surface area contributed by atoms with Gasteiger partial charge in [-0.2, -0.15) is 0 Å². The maximum atomic E-state index is 12.6. The van der Waals surface area contributed by atoms with Crippen molar-refractivity contribution in [3.63, 3.8) is 0 Å². The van der Waals surface area contributed by atoms with Gasteiger partial charge < -0.3 is 10.4 Å². The molecule has 4 rings (SSSR count). The van der Waals surface area contributed by atoms with E-state index in [1.807, 2.05) is 34.2 Å². The lowest BCUT2D eigenvalue weighted by molar-refractivity contribution is 0.0239. The van der Waals surface area contributed by atoms with E-state index in [0.717, 1.165) is 24.2 Å². The number of nitrogens with zero attached hydrogens (tertiary/aromatic N) is 2. The van der Waals surface area contributed by atoms with Gasteiger partial charge in [-0.15, -0.1) is 11.3 Å². The Morgan fingerprint density at radius 3 is 2.88 bits per heavy atom. The Bertz CT molecular complexity index is 808. The number of imidazole rings is 1. The van der Waals surface area contributed by atoms with E-state index < -0.39 is 0 Å². The minimum atomic E-state index is -0.233. The summed E-state index contributed by atoms with van der Waals surface area (Å²) in [5, 5.41) is 14.7. The molecule has 0 aliphatic heterocycles. The monoisotopic (exact) mass is 341 g/mol. The SMILES string of the molecule is O=C(NC(Cc1ccccc1)C1CC(O)C1)c1cn2ccsc2n1. The van der Waals surface area contributed by atoms with Crippen LogP contribution in [0.4, 0.5) is 0 Å². The van der Waals surface area contributed by atoms with Crippen molar-refractivity contribution in [2.45, 2.75) is 31.4 Å². The zero-order chi connectivity index (χ0) is 16.5. The van der Waals surface area contributed by atoms with E-state index in [2.05, 4.69) is 22.4 Å². The number of rotatable bonds is 5. The van der Waals surface area contributed by atoms with Crippen LogP contribution in [-0.4, -0.2) is 32.5 Å². The number of nitrogens with one attached hydrogen (secondary N) is 1. The highest BCUT2D eigenvalue weighted by atomic mass is 32.1. The third-order valence-corrected chi connectivity index (χ3v) is 5.43. The first-order valence-electron chi connectivity index (χ1n) is 8.14. The van der Waals surface area contributed by atoms with Gasteiger partial charge in [0.1, 0.15) is 5.69 Å². The molecule has 2 aromatic heterocycles. The van der Waals surface area contributed by atoms with E-state index in [9.17, 15) is 9.90 Å². The molecule has 2 N–H and O–H groups in total. The summed E-state index contributed by atoms with van der Waals surface area (Å²) in [6.07, 6.45) is 5.69. The number of benzene rings is 1. The van der Waals surface area contributed by atoms with Crippen molar-refractivity contribution in [3.8, 4) is 0 Å². The van der Waals surface area contributed by atoms with Gasteiger partial charge in [-0.1, -0.05) is 30.3 Å². The molecule has 0 bridgehead atoms. The van der Waals surface area contributed by atoms with Crippen molar-refractivity contribution in [3.05, 3.63) is 59.4 Å². The average Bonchev–Trinajstić information content (AvgIpc) is 3.14. The molecule has 1 aromatic carbocycles. The Kier molecular flexibility index (Phi) is 4.08. The molecule has 1 fully saturated rings. The Labute approximate surface area is 144 Å². The summed E-state index contributed by atoms with van der Waals surface area (Å²) in [5.41, 5.74) is 1.63. The maximum absolute atomic E-state index is 12.6. The molecule has 24 heavy (non-hydrogen) atoms. The minimum Gasteiger partial charge on any atom is -0.393 e. The summed E-state index contributed by atoms with van der Waals surface area (Å²) in [4.78, 5) is 17.8. The first-order chi connectivity index (χ1) is 11.7. The Hall–Kier alpha value is -2.18. The lowest BCUT2D eigenvalue weighted by Gasteiger charge is -2.38. The van der Waals surface area contributed by atoms with Crippen LogP contribution in [0.3, 0.4) is 0 Å². The highest BCUT2D eigenvalue weighted by Gasteiger charge is 2.35. The number of aliphatic hydroxyl groups excluding tert-OH is 1.